The van der Waals surface area contributed by atoms with Crippen LogP contribution in [0.3, 0.4) is 0 Å². The van der Waals surface area contributed by atoms with Crippen molar-refractivity contribution in [3.63, 3.8) is 0 Å². The largest absolute Gasteiger partial charge is 0.450 e. The summed E-state index contributed by atoms with van der Waals surface area (Å²) in [5, 5.41) is 10.8. The Morgan fingerprint density at radius 3 is 2.67 bits per heavy atom. The minimum Gasteiger partial charge on any atom is -0.450 e. The number of pyridine rings is 2. The van der Waals surface area contributed by atoms with Crippen LogP contribution in [0.2, 0.25) is 0 Å². The monoisotopic (exact) mass is 525 g/mol. The van der Waals surface area contributed by atoms with Crippen molar-refractivity contribution >= 4 is 34.9 Å². The molecule has 5 rings (SSSR count). The van der Waals surface area contributed by atoms with Crippen LogP contribution in [0, 0.1) is 0 Å². The van der Waals surface area contributed by atoms with Gasteiger partial charge in [0, 0.05) is 60.5 Å². The van der Waals surface area contributed by atoms with E-state index in [4.69, 9.17) is 9.72 Å². The molecule has 4 aromatic rings. The number of nitrogens with one attached hydrogen (secondary N) is 2. The Bertz CT molecular complexity index is 1480. The number of hydrogen-bond acceptors (Lipinski definition) is 7. The van der Waals surface area contributed by atoms with E-state index in [0.717, 1.165) is 28.2 Å². The Hall–Kier alpha value is -4.73. The Balaban J connectivity index is 1.23. The zero-order valence-corrected chi connectivity index (χ0v) is 22.0. The molecule has 0 saturated heterocycles. The van der Waals surface area contributed by atoms with Gasteiger partial charge in [-0.15, -0.1) is 5.10 Å². The van der Waals surface area contributed by atoms with Gasteiger partial charge in [0.1, 0.15) is 0 Å². The lowest BCUT2D eigenvalue weighted by molar-refractivity contribution is 0.0939. The number of carbonyl (C=O) groups excluding carboxylic acids is 2. The normalized spacial score (nSPS) is 14.0. The number of hydrogen-bond donors (Lipinski definition) is 2. The second-order valence-corrected chi connectivity index (χ2v) is 9.35. The quantitative estimate of drug-likeness (QED) is 0.349. The van der Waals surface area contributed by atoms with Gasteiger partial charge in [0.25, 0.3) is 5.91 Å². The van der Waals surface area contributed by atoms with E-state index in [0.29, 0.717) is 44.0 Å². The molecule has 0 fully saturated rings. The lowest BCUT2D eigenvalue weighted by Crippen LogP contribution is -2.35. The van der Waals surface area contributed by atoms with Gasteiger partial charge in [0.2, 0.25) is 5.95 Å². The van der Waals surface area contributed by atoms with Crippen LogP contribution in [0.25, 0.3) is 11.2 Å². The summed E-state index contributed by atoms with van der Waals surface area (Å²) in [6.07, 6.45) is 6.72. The fraction of sp³-hybridized carbons (Fsp3) is 0.276. The summed E-state index contributed by atoms with van der Waals surface area (Å²) in [5.74, 6) is 0.316. The zero-order valence-electron chi connectivity index (χ0n) is 22.0. The van der Waals surface area contributed by atoms with Crippen LogP contribution < -0.4 is 10.6 Å². The summed E-state index contributed by atoms with van der Waals surface area (Å²) >= 11 is 0. The van der Waals surface area contributed by atoms with E-state index in [9.17, 15) is 9.59 Å². The topological polar surface area (TPSA) is 114 Å². The van der Waals surface area contributed by atoms with Crippen molar-refractivity contribution in [2.24, 2.45) is 0 Å². The van der Waals surface area contributed by atoms with Gasteiger partial charge in [-0.25, -0.2) is 9.31 Å². The Labute approximate surface area is 226 Å². The minimum atomic E-state index is -0.289. The van der Waals surface area contributed by atoms with Crippen LogP contribution in [-0.4, -0.2) is 62.2 Å². The number of benzene rings is 1. The molecule has 3 aromatic heterocycles. The van der Waals surface area contributed by atoms with E-state index in [-0.39, 0.29) is 18.0 Å². The first-order valence-electron chi connectivity index (χ1n) is 13.0. The van der Waals surface area contributed by atoms with Crippen LogP contribution in [0.1, 0.15) is 41.9 Å². The van der Waals surface area contributed by atoms with E-state index < -0.39 is 0 Å². The van der Waals surface area contributed by atoms with E-state index >= 15 is 0 Å². The Morgan fingerprint density at radius 1 is 1.10 bits per heavy atom. The second kappa shape index (κ2) is 11.8. The molecule has 2 amide bonds. The molecule has 4 heterocycles. The van der Waals surface area contributed by atoms with E-state index in [1.54, 1.807) is 34.7 Å². The summed E-state index contributed by atoms with van der Waals surface area (Å²) in [6, 6.07) is 16.9. The van der Waals surface area contributed by atoms with Crippen molar-refractivity contribution in [1.82, 2.24) is 29.8 Å². The van der Waals surface area contributed by atoms with Crippen LogP contribution in [0.4, 0.5) is 16.4 Å². The standard InChI is InChI=1S/C29H31N7O3/c1-3-39-29(38)35-17-13-21(14-18-35)25-8-6-16-36-26(25)33-28(34-36)32-23-11-9-22(10-12-23)27(37)31-20(2)19-24-7-4-5-15-30-24/h4-13,15-16,20H,3,14,17-19H2,1-2H3,(H,31,37)(H,32,34). The molecule has 0 saturated carbocycles. The fourth-order valence-corrected chi connectivity index (χ4v) is 4.53. The van der Waals surface area contributed by atoms with Crippen molar-refractivity contribution in [1.29, 1.82) is 0 Å². The van der Waals surface area contributed by atoms with Gasteiger partial charge < -0.3 is 20.3 Å². The molecular weight excluding hydrogens is 494 g/mol. The van der Waals surface area contributed by atoms with Gasteiger partial charge in [0.15, 0.2) is 5.65 Å². The Morgan fingerprint density at radius 2 is 1.95 bits per heavy atom. The van der Waals surface area contributed by atoms with E-state index in [2.05, 4.69) is 20.7 Å². The van der Waals surface area contributed by atoms with Gasteiger partial charge in [0.05, 0.1) is 6.61 Å². The molecule has 0 radical (unpaired) electrons. The molecule has 200 valence electrons. The summed E-state index contributed by atoms with van der Waals surface area (Å²) in [5.41, 5.74) is 5.11. The number of carbonyl (C=O) groups is 2. The maximum absolute atomic E-state index is 12.7. The number of rotatable bonds is 8. The summed E-state index contributed by atoms with van der Waals surface area (Å²) in [7, 11) is 0. The zero-order chi connectivity index (χ0) is 27.2. The molecule has 0 bridgehead atoms. The van der Waals surface area contributed by atoms with Crippen LogP contribution >= 0.6 is 0 Å². The SMILES string of the molecule is CCOC(=O)N1CC=C(c2cccn3nc(Nc4ccc(C(=O)NC(C)Cc5ccccn5)cc4)nc23)CC1. The summed E-state index contributed by atoms with van der Waals surface area (Å²) < 4.78 is 6.85. The fourth-order valence-electron chi connectivity index (χ4n) is 4.53. The number of nitrogens with zero attached hydrogens (tertiary/aromatic N) is 5. The lowest BCUT2D eigenvalue weighted by Gasteiger charge is -2.25. The molecular formula is C29H31N7O3. The first-order valence-corrected chi connectivity index (χ1v) is 13.0. The first kappa shape index (κ1) is 25.9. The van der Waals surface area contributed by atoms with Gasteiger partial charge in [-0.1, -0.05) is 12.1 Å². The number of amides is 2. The maximum Gasteiger partial charge on any atom is 0.410 e. The number of anilines is 2. The van der Waals surface area contributed by atoms with Crippen molar-refractivity contribution in [2.45, 2.75) is 32.7 Å². The van der Waals surface area contributed by atoms with Crippen molar-refractivity contribution in [3.05, 3.63) is 89.9 Å². The van der Waals surface area contributed by atoms with Gasteiger partial charge >= 0.3 is 6.09 Å². The molecule has 0 spiro atoms. The smallest absolute Gasteiger partial charge is 0.410 e. The molecule has 1 atom stereocenters. The molecule has 10 heteroatoms. The summed E-state index contributed by atoms with van der Waals surface area (Å²) in [6.45, 7) is 5.22. The average molecular weight is 526 g/mol. The number of fused-ring (bicyclic) bond motifs is 1. The van der Waals surface area contributed by atoms with Crippen LogP contribution in [0.15, 0.2) is 73.1 Å². The van der Waals surface area contributed by atoms with Crippen molar-refractivity contribution < 1.29 is 14.3 Å². The highest BCUT2D eigenvalue weighted by molar-refractivity contribution is 5.94. The third kappa shape index (κ3) is 6.23. The highest BCUT2D eigenvalue weighted by atomic mass is 16.6. The van der Waals surface area contributed by atoms with Gasteiger partial charge in [-0.3, -0.25) is 9.78 Å². The molecule has 1 unspecified atom stereocenters. The predicted octanol–water partition coefficient (Wildman–Crippen LogP) is 4.47. The van der Waals surface area contributed by atoms with Crippen molar-refractivity contribution in [3.8, 4) is 0 Å². The molecule has 39 heavy (non-hydrogen) atoms. The molecule has 1 aromatic carbocycles. The van der Waals surface area contributed by atoms with Gasteiger partial charge in [-0.2, -0.15) is 4.98 Å². The van der Waals surface area contributed by atoms with Crippen LogP contribution in [-0.2, 0) is 11.2 Å². The molecule has 2 N–H and O–H groups in total. The predicted molar refractivity (Wildman–Crippen MR) is 149 cm³/mol. The average Bonchev–Trinajstić information content (AvgIpc) is 3.36. The van der Waals surface area contributed by atoms with Crippen molar-refractivity contribution in [2.75, 3.05) is 25.0 Å². The maximum atomic E-state index is 12.7. The molecule has 0 aliphatic carbocycles. The Kier molecular flexibility index (Phi) is 7.81. The number of aromatic nitrogens is 4. The summed E-state index contributed by atoms with van der Waals surface area (Å²) in [4.78, 5) is 35.4. The van der Waals surface area contributed by atoms with Crippen LogP contribution in [0.5, 0.6) is 0 Å². The third-order valence-electron chi connectivity index (χ3n) is 6.47. The number of ether oxygens (including phenoxy) is 1. The third-order valence-corrected chi connectivity index (χ3v) is 6.47. The lowest BCUT2D eigenvalue weighted by atomic mass is 10.0. The highest BCUT2D eigenvalue weighted by Crippen LogP contribution is 2.27. The second-order valence-electron chi connectivity index (χ2n) is 9.35. The minimum absolute atomic E-state index is 0.0471. The first-order chi connectivity index (χ1) is 19.0. The van der Waals surface area contributed by atoms with Gasteiger partial charge in [-0.05, 0) is 74.4 Å². The molecule has 1 aliphatic heterocycles. The van der Waals surface area contributed by atoms with E-state index in [1.165, 1.54) is 0 Å². The van der Waals surface area contributed by atoms with E-state index in [1.807, 2.05) is 61.7 Å². The highest BCUT2D eigenvalue weighted by Gasteiger charge is 2.21. The molecule has 1 aliphatic rings. The molecule has 10 nitrogen and oxygen atoms in total.